The number of carbonyl (C=O) groups is 3. The maximum atomic E-state index is 13.0. The topological polar surface area (TPSA) is 66.5 Å². The maximum Gasteiger partial charge on any atom is 0.325 e. The van der Waals surface area contributed by atoms with Gasteiger partial charge in [0.15, 0.2) is 5.78 Å². The number of Topliss-reactive ketones (excluding diaryl/α,β-unsaturated/α-hetero) is 1. The summed E-state index contributed by atoms with van der Waals surface area (Å²) >= 11 is 0. The van der Waals surface area contributed by atoms with E-state index in [2.05, 4.69) is 5.32 Å². The first-order valence-electron chi connectivity index (χ1n) is 7.92. The number of imide groups is 1. The van der Waals surface area contributed by atoms with Crippen LogP contribution in [0.5, 0.6) is 0 Å². The summed E-state index contributed by atoms with van der Waals surface area (Å²) in [6, 6.07) is 15.8. The van der Waals surface area contributed by atoms with Crippen LogP contribution in [-0.4, -0.2) is 29.2 Å². The van der Waals surface area contributed by atoms with E-state index >= 15 is 0 Å². The molecule has 5 nitrogen and oxygen atoms in total. The summed E-state index contributed by atoms with van der Waals surface area (Å²) < 4.78 is 0. The smallest absolute Gasteiger partial charge is 0.319 e. The molecule has 0 radical (unpaired) electrons. The Morgan fingerprint density at radius 2 is 1.75 bits per heavy atom. The van der Waals surface area contributed by atoms with Crippen molar-refractivity contribution < 1.29 is 14.4 Å². The Hall–Kier alpha value is -2.95. The number of amides is 3. The van der Waals surface area contributed by atoms with Gasteiger partial charge in [0.25, 0.3) is 5.91 Å². The lowest BCUT2D eigenvalue weighted by Gasteiger charge is -2.22. The van der Waals surface area contributed by atoms with Gasteiger partial charge in [-0.05, 0) is 24.0 Å². The lowest BCUT2D eigenvalue weighted by molar-refractivity contribution is -0.131. The first-order valence-corrected chi connectivity index (χ1v) is 7.92. The van der Waals surface area contributed by atoms with Crippen LogP contribution in [0.4, 0.5) is 4.79 Å². The van der Waals surface area contributed by atoms with E-state index in [4.69, 9.17) is 0 Å². The van der Waals surface area contributed by atoms with Crippen molar-refractivity contribution in [1.29, 1.82) is 0 Å². The number of nitrogens with zero attached hydrogens (tertiary/aromatic N) is 1. The van der Waals surface area contributed by atoms with E-state index in [1.54, 1.807) is 24.3 Å². The van der Waals surface area contributed by atoms with Crippen LogP contribution in [0.15, 0.2) is 54.6 Å². The Bertz CT molecular complexity index is 847. The summed E-state index contributed by atoms with van der Waals surface area (Å²) in [4.78, 5) is 38.7. The van der Waals surface area contributed by atoms with Gasteiger partial charge < -0.3 is 5.32 Å². The molecule has 1 heterocycles. The zero-order chi connectivity index (χ0) is 16.7. The second-order valence-corrected chi connectivity index (χ2v) is 6.17. The Labute approximate surface area is 139 Å². The van der Waals surface area contributed by atoms with Crippen molar-refractivity contribution in [2.45, 2.75) is 18.4 Å². The van der Waals surface area contributed by atoms with Gasteiger partial charge in [0.1, 0.15) is 5.54 Å². The Balaban J connectivity index is 1.63. The van der Waals surface area contributed by atoms with Crippen molar-refractivity contribution >= 4 is 17.7 Å². The number of aryl methyl sites for hydroxylation is 1. The van der Waals surface area contributed by atoms with E-state index in [1.165, 1.54) is 0 Å². The van der Waals surface area contributed by atoms with Crippen molar-refractivity contribution in [2.75, 3.05) is 6.54 Å². The molecular weight excluding hydrogens is 304 g/mol. The van der Waals surface area contributed by atoms with Crippen LogP contribution in [-0.2, 0) is 16.8 Å². The molecule has 24 heavy (non-hydrogen) atoms. The highest BCUT2D eigenvalue weighted by molar-refractivity contribution is 6.11. The minimum absolute atomic E-state index is 0.238. The van der Waals surface area contributed by atoms with E-state index in [1.807, 2.05) is 30.3 Å². The molecule has 1 fully saturated rings. The van der Waals surface area contributed by atoms with Gasteiger partial charge in [-0.2, -0.15) is 0 Å². The van der Waals surface area contributed by atoms with Gasteiger partial charge in [-0.1, -0.05) is 54.6 Å². The third-order valence-corrected chi connectivity index (χ3v) is 4.82. The molecule has 0 bridgehead atoms. The number of nitrogens with one attached hydrogen (secondary N) is 1. The van der Waals surface area contributed by atoms with Crippen molar-refractivity contribution in [2.24, 2.45) is 0 Å². The van der Waals surface area contributed by atoms with Gasteiger partial charge in [-0.25, -0.2) is 4.79 Å². The van der Waals surface area contributed by atoms with Crippen LogP contribution < -0.4 is 5.32 Å². The fourth-order valence-electron chi connectivity index (χ4n) is 3.59. The minimum atomic E-state index is -1.01. The molecule has 120 valence electrons. The van der Waals surface area contributed by atoms with Crippen LogP contribution in [0.1, 0.15) is 27.9 Å². The van der Waals surface area contributed by atoms with Crippen molar-refractivity contribution in [3.8, 4) is 0 Å². The Kier molecular flexibility index (Phi) is 3.23. The molecule has 2 aliphatic rings. The minimum Gasteiger partial charge on any atom is -0.319 e. The third kappa shape index (κ3) is 2.05. The highest BCUT2D eigenvalue weighted by Gasteiger charge is 2.55. The first-order chi connectivity index (χ1) is 11.6. The van der Waals surface area contributed by atoms with E-state index in [0.29, 0.717) is 12.0 Å². The highest BCUT2D eigenvalue weighted by Crippen LogP contribution is 2.41. The highest BCUT2D eigenvalue weighted by atomic mass is 16.2. The molecule has 1 N–H and O–H groups in total. The average molecular weight is 320 g/mol. The first kappa shape index (κ1) is 14.6. The number of fused-ring (bicyclic) bond motifs is 2. The molecule has 2 aromatic carbocycles. The quantitative estimate of drug-likeness (QED) is 0.697. The van der Waals surface area contributed by atoms with Crippen LogP contribution in [0, 0.1) is 0 Å². The van der Waals surface area contributed by atoms with E-state index < -0.39 is 11.6 Å². The fourth-order valence-corrected chi connectivity index (χ4v) is 3.59. The van der Waals surface area contributed by atoms with Crippen molar-refractivity contribution in [3.63, 3.8) is 0 Å². The molecule has 1 saturated heterocycles. The molecule has 1 aliphatic heterocycles. The molecule has 3 amide bonds. The van der Waals surface area contributed by atoms with Gasteiger partial charge in [-0.15, -0.1) is 0 Å². The average Bonchev–Trinajstić information content (AvgIpc) is 3.10. The third-order valence-electron chi connectivity index (χ3n) is 4.82. The lowest BCUT2D eigenvalue weighted by Crippen LogP contribution is -2.42. The second-order valence-electron chi connectivity index (χ2n) is 6.17. The SMILES string of the molecule is O=C(CN1C(=O)N[C@]2(CCc3ccccc32)C1=O)c1ccccc1. The zero-order valence-electron chi connectivity index (χ0n) is 13.0. The standard InChI is InChI=1S/C19H16N2O3/c22-16(14-7-2-1-3-8-14)12-21-17(23)19(20-18(21)24)11-10-13-6-4-5-9-15(13)19/h1-9H,10-12H2,(H,20,24)/t19-/m0/s1. The number of hydrogen-bond donors (Lipinski definition) is 1. The Morgan fingerprint density at radius 3 is 2.54 bits per heavy atom. The zero-order valence-corrected chi connectivity index (χ0v) is 13.0. The predicted molar refractivity (Wildman–Crippen MR) is 87.5 cm³/mol. The molecule has 0 aromatic heterocycles. The van der Waals surface area contributed by atoms with Crippen molar-refractivity contribution in [1.82, 2.24) is 10.2 Å². The van der Waals surface area contributed by atoms with Gasteiger partial charge in [-0.3, -0.25) is 14.5 Å². The van der Waals surface area contributed by atoms with Gasteiger partial charge >= 0.3 is 6.03 Å². The van der Waals surface area contributed by atoms with Gasteiger partial charge in [0.2, 0.25) is 0 Å². The molecule has 0 saturated carbocycles. The molecule has 1 spiro atoms. The lowest BCUT2D eigenvalue weighted by atomic mass is 9.92. The number of carbonyl (C=O) groups excluding carboxylic acids is 3. The summed E-state index contributed by atoms with van der Waals surface area (Å²) in [5.41, 5.74) is 1.40. The van der Waals surface area contributed by atoms with E-state index in [-0.39, 0.29) is 18.2 Å². The summed E-state index contributed by atoms with van der Waals surface area (Å²) in [5, 5.41) is 2.83. The number of rotatable bonds is 3. The molecule has 0 unspecified atom stereocenters. The molecule has 4 rings (SSSR count). The van der Waals surface area contributed by atoms with Crippen LogP contribution in [0.2, 0.25) is 0 Å². The fraction of sp³-hybridized carbons (Fsp3) is 0.211. The summed E-state index contributed by atoms with van der Waals surface area (Å²) in [6.45, 7) is -0.238. The summed E-state index contributed by atoms with van der Waals surface area (Å²) in [7, 11) is 0. The summed E-state index contributed by atoms with van der Waals surface area (Å²) in [5.74, 6) is -0.579. The van der Waals surface area contributed by atoms with Gasteiger partial charge in [0, 0.05) is 5.56 Å². The van der Waals surface area contributed by atoms with Crippen LogP contribution in [0.3, 0.4) is 0 Å². The normalized spacial score (nSPS) is 21.9. The second kappa shape index (κ2) is 5.30. The number of urea groups is 1. The monoisotopic (exact) mass is 320 g/mol. The van der Waals surface area contributed by atoms with Crippen LogP contribution in [0.25, 0.3) is 0 Å². The number of hydrogen-bond acceptors (Lipinski definition) is 3. The summed E-state index contributed by atoms with van der Waals surface area (Å²) in [6.07, 6.45) is 1.27. The molecule has 1 atom stereocenters. The van der Waals surface area contributed by atoms with E-state index in [9.17, 15) is 14.4 Å². The number of ketones is 1. The van der Waals surface area contributed by atoms with Crippen molar-refractivity contribution in [3.05, 3.63) is 71.3 Å². The molecule has 1 aliphatic carbocycles. The van der Waals surface area contributed by atoms with Gasteiger partial charge in [0.05, 0.1) is 6.54 Å². The largest absolute Gasteiger partial charge is 0.325 e. The number of benzene rings is 2. The van der Waals surface area contributed by atoms with Crippen LogP contribution >= 0.6 is 0 Å². The maximum absolute atomic E-state index is 13.0. The molecule has 5 heteroatoms. The predicted octanol–water partition coefficient (Wildman–Crippen LogP) is 2.26. The molecule has 2 aromatic rings. The molecular formula is C19H16N2O3. The Morgan fingerprint density at radius 1 is 1.04 bits per heavy atom. The van der Waals surface area contributed by atoms with E-state index in [0.717, 1.165) is 22.4 Å².